The molecule has 9 nitrogen and oxygen atoms in total. The number of hydrogen-bond donors (Lipinski definition) is 2. The van der Waals surface area contributed by atoms with Crippen LogP contribution in [-0.2, 0) is 0 Å². The summed E-state index contributed by atoms with van der Waals surface area (Å²) in [6.07, 6.45) is 5.53. The number of aryl methyl sites for hydroxylation is 1. The molecule has 1 aliphatic rings. The van der Waals surface area contributed by atoms with Crippen molar-refractivity contribution in [3.8, 4) is 34.1 Å². The number of imidazole rings is 1. The average molecular weight is 524 g/mol. The van der Waals surface area contributed by atoms with Gasteiger partial charge in [0.25, 0.3) is 0 Å². The summed E-state index contributed by atoms with van der Waals surface area (Å²) in [7, 11) is 1.62. The van der Waals surface area contributed by atoms with Crippen molar-refractivity contribution in [2.75, 3.05) is 25.1 Å². The molecule has 1 saturated heterocycles. The minimum absolute atomic E-state index is 0.156. The summed E-state index contributed by atoms with van der Waals surface area (Å²) in [6.45, 7) is 7.96. The number of anilines is 1. The van der Waals surface area contributed by atoms with E-state index in [0.29, 0.717) is 11.8 Å². The van der Waals surface area contributed by atoms with Gasteiger partial charge in [0.05, 0.1) is 24.3 Å². The highest BCUT2D eigenvalue weighted by atomic mass is 16.5. The molecule has 4 aromatic heterocycles. The molecule has 0 bridgehead atoms. The van der Waals surface area contributed by atoms with E-state index in [2.05, 4.69) is 54.9 Å². The van der Waals surface area contributed by atoms with Crippen molar-refractivity contribution in [2.24, 2.45) is 0 Å². The largest absolute Gasteiger partial charge is 0.491 e. The van der Waals surface area contributed by atoms with E-state index in [1.807, 2.05) is 38.1 Å². The van der Waals surface area contributed by atoms with Crippen molar-refractivity contribution in [1.29, 1.82) is 0 Å². The number of aromatic nitrogens is 6. The molecule has 0 unspecified atom stereocenters. The number of H-pyrrole nitrogens is 2. The molecule has 0 radical (unpaired) electrons. The first-order valence-electron chi connectivity index (χ1n) is 13.4. The number of piperidine rings is 1. The summed E-state index contributed by atoms with van der Waals surface area (Å²) in [6, 6.07) is 14.2. The fourth-order valence-electron chi connectivity index (χ4n) is 5.31. The second-order valence-corrected chi connectivity index (χ2v) is 10.3. The highest BCUT2D eigenvalue weighted by Crippen LogP contribution is 2.35. The van der Waals surface area contributed by atoms with Crippen LogP contribution >= 0.6 is 0 Å². The van der Waals surface area contributed by atoms with Crippen molar-refractivity contribution in [3.63, 3.8) is 0 Å². The first kappa shape index (κ1) is 24.9. The van der Waals surface area contributed by atoms with Gasteiger partial charge < -0.3 is 24.3 Å². The monoisotopic (exact) mass is 523 g/mol. The lowest BCUT2D eigenvalue weighted by molar-refractivity contribution is 0.242. The second kappa shape index (κ2) is 10.4. The number of pyridine rings is 1. The van der Waals surface area contributed by atoms with Crippen LogP contribution in [-0.4, -0.2) is 56.2 Å². The second-order valence-electron chi connectivity index (χ2n) is 10.3. The van der Waals surface area contributed by atoms with E-state index < -0.39 is 0 Å². The van der Waals surface area contributed by atoms with Gasteiger partial charge in [-0.1, -0.05) is 0 Å². The molecule has 1 aliphatic heterocycles. The Labute approximate surface area is 227 Å². The lowest BCUT2D eigenvalue weighted by Crippen LogP contribution is -2.33. The zero-order chi connectivity index (χ0) is 26.9. The van der Waals surface area contributed by atoms with Crippen molar-refractivity contribution >= 4 is 16.9 Å². The Bertz CT molecular complexity index is 1580. The predicted molar refractivity (Wildman–Crippen MR) is 152 cm³/mol. The van der Waals surface area contributed by atoms with Gasteiger partial charge in [0.2, 0.25) is 5.88 Å². The van der Waals surface area contributed by atoms with Gasteiger partial charge in [0.1, 0.15) is 29.4 Å². The molecular formula is C30H33N7O2. The van der Waals surface area contributed by atoms with Crippen LogP contribution in [0.4, 0.5) is 5.82 Å². The molecular weight excluding hydrogens is 490 g/mol. The first-order valence-corrected chi connectivity index (χ1v) is 13.4. The summed E-state index contributed by atoms with van der Waals surface area (Å²) in [4.78, 5) is 27.8. The molecule has 0 aliphatic carbocycles. The van der Waals surface area contributed by atoms with Crippen LogP contribution in [0, 0.1) is 6.92 Å². The lowest BCUT2D eigenvalue weighted by atomic mass is 9.96. The van der Waals surface area contributed by atoms with E-state index in [1.54, 1.807) is 19.6 Å². The number of fused-ring (bicyclic) bond motifs is 1. The van der Waals surface area contributed by atoms with Gasteiger partial charge in [-0.05, 0) is 70.0 Å². The summed E-state index contributed by atoms with van der Waals surface area (Å²) in [5.41, 5.74) is 5.98. The predicted octanol–water partition coefficient (Wildman–Crippen LogP) is 5.90. The van der Waals surface area contributed by atoms with Gasteiger partial charge >= 0.3 is 0 Å². The summed E-state index contributed by atoms with van der Waals surface area (Å²) in [5.74, 6) is 3.85. The van der Waals surface area contributed by atoms with Crippen LogP contribution in [0.15, 0.2) is 55.0 Å². The standard InChI is InChI=1S/C30H33N7O2/c1-18(2)39-23-7-5-20(6-8-23)27-19(3)34-28(36-27)21-10-13-37(14-11-21)30-24-16-25(35-29(24)32-17-33-30)22-9-12-31-26(15-22)38-4/h5-9,12,15-18,21H,10-11,13-14H2,1-4H3,(H,34,36)(H,32,33,35). The Kier molecular flexibility index (Phi) is 6.64. The Morgan fingerprint density at radius 1 is 0.949 bits per heavy atom. The van der Waals surface area contributed by atoms with Crippen LogP contribution in [0.1, 0.15) is 44.1 Å². The highest BCUT2D eigenvalue weighted by molar-refractivity contribution is 5.92. The Balaban J connectivity index is 1.18. The van der Waals surface area contributed by atoms with E-state index in [0.717, 1.165) is 82.6 Å². The number of nitrogens with zero attached hydrogens (tertiary/aromatic N) is 5. The number of nitrogens with one attached hydrogen (secondary N) is 2. The van der Waals surface area contributed by atoms with E-state index in [4.69, 9.17) is 14.5 Å². The number of rotatable bonds is 7. The molecule has 6 rings (SSSR count). The molecule has 9 heteroatoms. The smallest absolute Gasteiger partial charge is 0.213 e. The molecule has 0 saturated carbocycles. The van der Waals surface area contributed by atoms with Crippen LogP contribution in [0.5, 0.6) is 11.6 Å². The number of aromatic amines is 2. The summed E-state index contributed by atoms with van der Waals surface area (Å²) >= 11 is 0. The zero-order valence-corrected chi connectivity index (χ0v) is 22.7. The Morgan fingerprint density at radius 2 is 1.74 bits per heavy atom. The molecule has 0 spiro atoms. The van der Waals surface area contributed by atoms with Crippen LogP contribution < -0.4 is 14.4 Å². The number of methoxy groups -OCH3 is 1. The molecule has 0 amide bonds. The van der Waals surface area contributed by atoms with Gasteiger partial charge in [0.15, 0.2) is 0 Å². The molecule has 200 valence electrons. The topological polar surface area (TPSA) is 105 Å². The van der Waals surface area contributed by atoms with E-state index in [-0.39, 0.29) is 6.10 Å². The van der Waals surface area contributed by atoms with Crippen molar-refractivity contribution < 1.29 is 9.47 Å². The normalized spacial score (nSPS) is 14.3. The lowest BCUT2D eigenvalue weighted by Gasteiger charge is -2.32. The minimum atomic E-state index is 0.156. The maximum Gasteiger partial charge on any atom is 0.213 e. The van der Waals surface area contributed by atoms with Crippen molar-refractivity contribution in [3.05, 3.63) is 66.5 Å². The zero-order valence-electron chi connectivity index (χ0n) is 22.7. The summed E-state index contributed by atoms with van der Waals surface area (Å²) < 4.78 is 11.1. The van der Waals surface area contributed by atoms with E-state index in [1.165, 1.54) is 0 Å². The van der Waals surface area contributed by atoms with Crippen LogP contribution in [0.25, 0.3) is 33.5 Å². The number of hydrogen-bond acceptors (Lipinski definition) is 7. The average Bonchev–Trinajstić information content (AvgIpc) is 3.57. The fraction of sp³-hybridized carbons (Fsp3) is 0.333. The molecule has 1 aromatic carbocycles. The number of ether oxygens (including phenoxy) is 2. The van der Waals surface area contributed by atoms with Gasteiger partial charge in [-0.3, -0.25) is 0 Å². The Morgan fingerprint density at radius 3 is 2.49 bits per heavy atom. The third kappa shape index (κ3) is 5.04. The first-order chi connectivity index (χ1) is 19.0. The fourth-order valence-corrected chi connectivity index (χ4v) is 5.31. The van der Waals surface area contributed by atoms with Crippen LogP contribution in [0.3, 0.4) is 0 Å². The van der Waals surface area contributed by atoms with Gasteiger partial charge in [-0.2, -0.15) is 0 Å². The van der Waals surface area contributed by atoms with Crippen molar-refractivity contribution in [2.45, 2.75) is 45.6 Å². The van der Waals surface area contributed by atoms with Crippen LogP contribution in [0.2, 0.25) is 0 Å². The molecule has 5 aromatic rings. The summed E-state index contributed by atoms with van der Waals surface area (Å²) in [5, 5.41) is 1.02. The molecule has 0 atom stereocenters. The van der Waals surface area contributed by atoms with Crippen molar-refractivity contribution in [1.82, 2.24) is 29.9 Å². The Hall–Kier alpha value is -4.40. The van der Waals surface area contributed by atoms with Gasteiger partial charge in [-0.25, -0.2) is 19.9 Å². The minimum Gasteiger partial charge on any atom is -0.491 e. The number of benzene rings is 1. The molecule has 2 N–H and O–H groups in total. The van der Waals surface area contributed by atoms with Gasteiger partial charge in [0, 0.05) is 53.8 Å². The molecule has 1 fully saturated rings. The third-order valence-electron chi connectivity index (χ3n) is 7.24. The highest BCUT2D eigenvalue weighted by Gasteiger charge is 2.26. The quantitative estimate of drug-likeness (QED) is 0.274. The maximum atomic E-state index is 5.79. The van der Waals surface area contributed by atoms with E-state index >= 15 is 0 Å². The molecule has 39 heavy (non-hydrogen) atoms. The van der Waals surface area contributed by atoms with E-state index in [9.17, 15) is 0 Å². The maximum absolute atomic E-state index is 5.79. The molecule has 5 heterocycles. The third-order valence-corrected chi connectivity index (χ3v) is 7.24. The SMILES string of the molecule is COc1cc(-c2cc3c(N4CCC(c5nc(-c6ccc(OC(C)C)cc6)c(C)[nH]5)CC4)ncnc3[nH]2)ccn1. The van der Waals surface area contributed by atoms with Gasteiger partial charge in [-0.15, -0.1) is 0 Å².